The first-order valence-electron chi connectivity index (χ1n) is 6.16. The highest BCUT2D eigenvalue weighted by Gasteiger charge is 2.66. The first-order valence-corrected chi connectivity index (χ1v) is 6.95. The van der Waals surface area contributed by atoms with Crippen LogP contribution in [-0.4, -0.2) is 18.0 Å². The van der Waals surface area contributed by atoms with Crippen molar-refractivity contribution in [1.29, 1.82) is 0 Å². The highest BCUT2D eigenvalue weighted by Crippen LogP contribution is 2.51. The van der Waals surface area contributed by atoms with Crippen molar-refractivity contribution in [3.05, 3.63) is 34.3 Å². The Labute approximate surface area is 119 Å². The molecule has 2 aliphatic rings. The van der Waals surface area contributed by atoms with Gasteiger partial charge in [-0.3, -0.25) is 9.59 Å². The molecule has 1 aromatic carbocycles. The number of hydrogen-bond acceptors (Lipinski definition) is 4. The van der Waals surface area contributed by atoms with Crippen molar-refractivity contribution in [3.63, 3.8) is 0 Å². The van der Waals surface area contributed by atoms with Gasteiger partial charge in [0.05, 0.1) is 5.92 Å². The van der Waals surface area contributed by atoms with Crippen molar-refractivity contribution in [2.75, 3.05) is 0 Å². The normalized spacial score (nSPS) is 36.9. The average Bonchev–Trinajstić information content (AvgIpc) is 2.78. The Kier molecular flexibility index (Phi) is 2.71. The first kappa shape index (κ1) is 12.7. The van der Waals surface area contributed by atoms with Crippen LogP contribution in [0.3, 0.4) is 0 Å². The number of rotatable bonds is 1. The summed E-state index contributed by atoms with van der Waals surface area (Å²) in [6.45, 7) is 3.48. The molecule has 2 fully saturated rings. The molecular formula is C14H13BrO4. The lowest BCUT2D eigenvalue weighted by Crippen LogP contribution is -2.39. The second-order valence-electron chi connectivity index (χ2n) is 5.09. The highest BCUT2D eigenvalue weighted by atomic mass is 79.9. The van der Waals surface area contributed by atoms with E-state index >= 15 is 0 Å². The van der Waals surface area contributed by atoms with Crippen LogP contribution in [0.1, 0.15) is 19.4 Å². The smallest absolute Gasteiger partial charge is 0.313 e. The van der Waals surface area contributed by atoms with E-state index in [0.717, 1.165) is 10.0 Å². The number of ether oxygens (including phenoxy) is 2. The quantitative estimate of drug-likeness (QED) is 0.744. The lowest BCUT2D eigenvalue weighted by atomic mass is 9.78. The number of hydrogen-bond donors (Lipinski definition) is 0. The van der Waals surface area contributed by atoms with E-state index in [-0.39, 0.29) is 11.9 Å². The zero-order chi connectivity index (χ0) is 13.8. The minimum atomic E-state index is -0.978. The summed E-state index contributed by atoms with van der Waals surface area (Å²) in [4.78, 5) is 23.7. The standard InChI is InChI=1S/C14H13BrO4/c1-7-11-14(19-12(7)16,8(2)13(17)18-11)9-3-5-10(15)6-4-9/h3-8,11H,1-2H3/t7-,8-,11-,14+/m1/s1. The first-order chi connectivity index (χ1) is 8.96. The van der Waals surface area contributed by atoms with Crippen molar-refractivity contribution in [2.45, 2.75) is 25.6 Å². The Bertz CT molecular complexity index is 551. The molecule has 0 bridgehead atoms. The van der Waals surface area contributed by atoms with Gasteiger partial charge in [0.2, 0.25) is 0 Å². The zero-order valence-corrected chi connectivity index (χ0v) is 12.1. The molecule has 0 aliphatic carbocycles. The Morgan fingerprint density at radius 1 is 1.11 bits per heavy atom. The Balaban J connectivity index is 2.15. The van der Waals surface area contributed by atoms with E-state index in [9.17, 15) is 9.59 Å². The highest BCUT2D eigenvalue weighted by molar-refractivity contribution is 9.10. The molecule has 4 atom stereocenters. The zero-order valence-electron chi connectivity index (χ0n) is 10.6. The van der Waals surface area contributed by atoms with Crippen LogP contribution in [0.25, 0.3) is 0 Å². The summed E-state index contributed by atoms with van der Waals surface area (Å²) >= 11 is 3.37. The molecule has 5 heteroatoms. The Morgan fingerprint density at radius 3 is 2.37 bits per heavy atom. The van der Waals surface area contributed by atoms with E-state index in [2.05, 4.69) is 15.9 Å². The predicted octanol–water partition coefficient (Wildman–Crippen LogP) is 2.40. The van der Waals surface area contributed by atoms with Crippen molar-refractivity contribution in [1.82, 2.24) is 0 Å². The molecule has 0 radical (unpaired) electrons. The van der Waals surface area contributed by atoms with Crippen LogP contribution in [-0.2, 0) is 24.7 Å². The molecule has 2 heterocycles. The number of carbonyl (C=O) groups is 2. The van der Waals surface area contributed by atoms with Gasteiger partial charge in [0.15, 0.2) is 11.7 Å². The Hall–Kier alpha value is -1.36. The fourth-order valence-electron chi connectivity index (χ4n) is 2.92. The topological polar surface area (TPSA) is 52.6 Å². The van der Waals surface area contributed by atoms with Crippen molar-refractivity contribution < 1.29 is 19.1 Å². The molecule has 0 aromatic heterocycles. The molecule has 100 valence electrons. The molecule has 0 spiro atoms. The third-order valence-corrected chi connectivity index (χ3v) is 4.58. The number of carbonyl (C=O) groups excluding carboxylic acids is 2. The van der Waals surface area contributed by atoms with E-state index in [4.69, 9.17) is 9.47 Å². The maximum absolute atomic E-state index is 11.9. The van der Waals surface area contributed by atoms with Gasteiger partial charge >= 0.3 is 11.9 Å². The van der Waals surface area contributed by atoms with Gasteiger partial charge in [-0.1, -0.05) is 28.1 Å². The average molecular weight is 325 g/mol. The fraction of sp³-hybridized carbons (Fsp3) is 0.429. The van der Waals surface area contributed by atoms with Crippen molar-refractivity contribution >= 4 is 27.9 Å². The molecule has 19 heavy (non-hydrogen) atoms. The summed E-state index contributed by atoms with van der Waals surface area (Å²) < 4.78 is 11.9. The van der Waals surface area contributed by atoms with Crippen LogP contribution in [0.2, 0.25) is 0 Å². The number of benzene rings is 1. The summed E-state index contributed by atoms with van der Waals surface area (Å²) in [7, 11) is 0. The molecule has 4 nitrogen and oxygen atoms in total. The minimum Gasteiger partial charge on any atom is -0.456 e. The molecule has 2 saturated heterocycles. The van der Waals surface area contributed by atoms with Crippen LogP contribution in [0, 0.1) is 11.8 Å². The molecule has 1 aromatic rings. The molecule has 0 unspecified atom stereocenters. The minimum absolute atomic E-state index is 0.313. The van der Waals surface area contributed by atoms with Gasteiger partial charge in [0.25, 0.3) is 0 Å². The van der Waals surface area contributed by atoms with Gasteiger partial charge in [-0.05, 0) is 26.0 Å². The summed E-state index contributed by atoms with van der Waals surface area (Å²) in [5, 5.41) is 0. The van der Waals surface area contributed by atoms with Gasteiger partial charge in [-0.2, -0.15) is 0 Å². The maximum atomic E-state index is 11.9. The molecule has 2 aliphatic heterocycles. The lowest BCUT2D eigenvalue weighted by Gasteiger charge is -2.29. The molecule has 0 N–H and O–H groups in total. The molecule has 0 saturated carbocycles. The monoisotopic (exact) mass is 324 g/mol. The van der Waals surface area contributed by atoms with Crippen molar-refractivity contribution in [3.8, 4) is 0 Å². The van der Waals surface area contributed by atoms with Crippen LogP contribution in [0.15, 0.2) is 28.7 Å². The fourth-order valence-corrected chi connectivity index (χ4v) is 3.19. The van der Waals surface area contributed by atoms with Gasteiger partial charge in [0.1, 0.15) is 5.92 Å². The second-order valence-corrected chi connectivity index (χ2v) is 6.00. The van der Waals surface area contributed by atoms with Crippen LogP contribution in [0.4, 0.5) is 0 Å². The van der Waals surface area contributed by atoms with Gasteiger partial charge < -0.3 is 9.47 Å². The summed E-state index contributed by atoms with van der Waals surface area (Å²) in [5.41, 5.74) is -0.175. The van der Waals surface area contributed by atoms with E-state index in [1.54, 1.807) is 13.8 Å². The van der Waals surface area contributed by atoms with Crippen molar-refractivity contribution in [2.24, 2.45) is 11.8 Å². The Morgan fingerprint density at radius 2 is 1.74 bits per heavy atom. The third kappa shape index (κ3) is 1.57. The summed E-state index contributed by atoms with van der Waals surface area (Å²) in [5.74, 6) is -1.55. The van der Waals surface area contributed by atoms with Crippen LogP contribution in [0.5, 0.6) is 0 Å². The molecular weight excluding hydrogens is 312 g/mol. The lowest BCUT2D eigenvalue weighted by molar-refractivity contribution is -0.156. The third-order valence-electron chi connectivity index (χ3n) is 4.05. The van der Waals surface area contributed by atoms with E-state index in [1.165, 1.54) is 0 Å². The second kappa shape index (κ2) is 4.07. The van der Waals surface area contributed by atoms with E-state index < -0.39 is 23.5 Å². The van der Waals surface area contributed by atoms with Gasteiger partial charge in [0, 0.05) is 10.0 Å². The number of esters is 2. The summed E-state index contributed by atoms with van der Waals surface area (Å²) in [6, 6.07) is 7.46. The number of fused-ring (bicyclic) bond motifs is 1. The molecule has 0 amide bonds. The van der Waals surface area contributed by atoms with Gasteiger partial charge in [-0.15, -0.1) is 0 Å². The van der Waals surface area contributed by atoms with Gasteiger partial charge in [-0.25, -0.2) is 0 Å². The predicted molar refractivity (Wildman–Crippen MR) is 70.1 cm³/mol. The largest absolute Gasteiger partial charge is 0.456 e. The van der Waals surface area contributed by atoms with E-state index in [1.807, 2.05) is 24.3 Å². The SMILES string of the molecule is C[C@@H]1C(=O)O[C@@H]2[C@@H](C)C(=O)O[C@]12c1ccc(Br)cc1. The maximum Gasteiger partial charge on any atom is 0.313 e. The van der Waals surface area contributed by atoms with Crippen LogP contribution >= 0.6 is 15.9 Å². The van der Waals surface area contributed by atoms with E-state index in [0.29, 0.717) is 0 Å². The summed E-state index contributed by atoms with van der Waals surface area (Å²) in [6.07, 6.45) is -0.538. The number of halogens is 1. The molecule has 3 rings (SSSR count). The van der Waals surface area contributed by atoms with Crippen LogP contribution < -0.4 is 0 Å².